The van der Waals surface area contributed by atoms with Gasteiger partial charge in [0.25, 0.3) is 15.6 Å². The Kier molecular flexibility index (Phi) is 25.8. The van der Waals surface area contributed by atoms with Crippen LogP contribution in [0.5, 0.6) is 0 Å². The predicted molar refractivity (Wildman–Crippen MR) is 247 cm³/mol. The molecule has 7 atom stereocenters. The van der Waals surface area contributed by atoms with Crippen molar-refractivity contribution in [3.63, 3.8) is 0 Å². The topological polar surface area (TPSA) is 375 Å². The summed E-state index contributed by atoms with van der Waals surface area (Å²) in [7, 11) is -17.6. The number of aromatic nitrogens is 4. The van der Waals surface area contributed by atoms with Gasteiger partial charge in [0.1, 0.15) is 36.3 Å². The Balaban J connectivity index is 1.31. The number of phosphoric acid groups is 3. The largest absolute Gasteiger partial charge is 0.790 e. The highest BCUT2D eigenvalue weighted by molar-refractivity contribution is 8.13. The van der Waals surface area contributed by atoms with Crippen LogP contribution in [0, 0.1) is 5.41 Å². The third kappa shape index (κ3) is 22.6. The number of ether oxygens (including phenoxy) is 1. The molecule has 0 aromatic carbocycles. The fourth-order valence-electron chi connectivity index (χ4n) is 6.27. The SMILES string of the molecule is CCCCC/C=C\C/C=C\C/C=C\CCC/C=C/CC(=O)SCCNC(=O)CCNC(=O)[C@H](O)C(C)(C)COP(=O)([O-])OP(=O)([O-])OC[C@H]1O[C@@H](n2cnc3c(N)ncnc32)[C@H](O)[C@@H]1OP(=O)([O-])[O-]. The van der Waals surface area contributed by atoms with E-state index >= 15 is 0 Å². The van der Waals surface area contributed by atoms with Crippen molar-refractivity contribution in [2.75, 3.05) is 37.8 Å². The van der Waals surface area contributed by atoms with Crippen molar-refractivity contribution in [1.29, 1.82) is 0 Å². The van der Waals surface area contributed by atoms with Crippen molar-refractivity contribution >= 4 is 69.1 Å². The number of phosphoric ester groups is 3. The molecule has 69 heavy (non-hydrogen) atoms. The summed E-state index contributed by atoms with van der Waals surface area (Å²) in [6.07, 6.45) is 19.1. The van der Waals surface area contributed by atoms with E-state index in [1.165, 1.54) is 33.1 Å². The van der Waals surface area contributed by atoms with Crippen molar-refractivity contribution in [2.45, 2.75) is 122 Å². The van der Waals surface area contributed by atoms with Crippen LogP contribution >= 0.6 is 35.2 Å². The summed E-state index contributed by atoms with van der Waals surface area (Å²) in [5.41, 5.74) is 4.08. The molecule has 0 radical (unpaired) electrons. The highest BCUT2D eigenvalue weighted by atomic mass is 32.2. The van der Waals surface area contributed by atoms with Gasteiger partial charge in [0.15, 0.2) is 22.8 Å². The molecule has 0 saturated carbocycles. The molecule has 6 N–H and O–H groups in total. The van der Waals surface area contributed by atoms with Crippen LogP contribution in [0.2, 0.25) is 0 Å². The maximum absolute atomic E-state index is 12.6. The van der Waals surface area contributed by atoms with Crippen LogP contribution in [-0.4, -0.2) is 103 Å². The fourth-order valence-corrected chi connectivity index (χ4v) is 9.65. The molecule has 2 unspecified atom stereocenters. The number of allylic oxidation sites excluding steroid dienone is 8. The molecule has 1 saturated heterocycles. The Morgan fingerprint density at radius 2 is 1.55 bits per heavy atom. The lowest BCUT2D eigenvalue weighted by molar-refractivity contribution is -0.347. The lowest BCUT2D eigenvalue weighted by Crippen LogP contribution is -2.46. The number of carbonyl (C=O) groups is 3. The molecular weight excluding hydrogens is 987 g/mol. The van der Waals surface area contributed by atoms with Gasteiger partial charge in [-0.2, -0.15) is 0 Å². The minimum atomic E-state index is -5.93. The number of rotatable bonds is 33. The van der Waals surface area contributed by atoms with Gasteiger partial charge in [0, 0.05) is 37.1 Å². The van der Waals surface area contributed by atoms with Crippen molar-refractivity contribution in [2.24, 2.45) is 5.41 Å². The molecule has 2 amide bonds. The van der Waals surface area contributed by atoms with E-state index in [1.807, 2.05) is 12.2 Å². The molecule has 388 valence electrons. The zero-order valence-corrected chi connectivity index (χ0v) is 42.1. The van der Waals surface area contributed by atoms with Crippen LogP contribution in [0.4, 0.5) is 5.82 Å². The Morgan fingerprint density at radius 3 is 2.22 bits per heavy atom. The van der Waals surface area contributed by atoms with E-state index in [4.69, 9.17) is 10.5 Å². The number of aliphatic hydroxyl groups excluding tert-OH is 2. The second kappa shape index (κ2) is 29.8. The molecule has 1 aliphatic heterocycles. The number of nitrogens with zero attached hydrogens (tertiary/aromatic N) is 4. The fraction of sp³-hybridized carbons (Fsp3) is 0.610. The maximum atomic E-state index is 12.6. The van der Waals surface area contributed by atoms with Gasteiger partial charge in [-0.05, 0) is 44.9 Å². The number of nitrogen functional groups attached to an aromatic ring is 1. The van der Waals surface area contributed by atoms with E-state index in [2.05, 4.69) is 86.8 Å². The number of nitrogens with two attached hydrogens (primary N) is 1. The first kappa shape index (κ1) is 59.8. The highest BCUT2D eigenvalue weighted by Crippen LogP contribution is 2.56. The molecule has 3 heterocycles. The third-order valence-corrected chi connectivity index (χ3v) is 13.9. The van der Waals surface area contributed by atoms with Crippen molar-refractivity contribution in [1.82, 2.24) is 30.2 Å². The molecule has 1 fully saturated rings. The average molecular weight is 1050 g/mol. The van der Waals surface area contributed by atoms with Gasteiger partial charge >= 0.3 is 0 Å². The molecule has 24 nitrogen and oxygen atoms in total. The van der Waals surface area contributed by atoms with Crippen molar-refractivity contribution < 1.29 is 80.5 Å². The van der Waals surface area contributed by atoms with Gasteiger partial charge in [-0.25, -0.2) is 19.3 Å². The monoisotopic (exact) mass is 1050 g/mol. The second-order valence-electron chi connectivity index (χ2n) is 16.2. The molecule has 0 bridgehead atoms. The van der Waals surface area contributed by atoms with Gasteiger partial charge < -0.3 is 69.0 Å². The van der Waals surface area contributed by atoms with Gasteiger partial charge in [-0.3, -0.25) is 28.1 Å². The Labute approximate surface area is 405 Å². The number of thioether (sulfide) groups is 1. The molecular formula is C41H62N7O17P3S-4. The quantitative estimate of drug-likeness (QED) is 0.0389. The van der Waals surface area contributed by atoms with Crippen molar-refractivity contribution in [3.05, 3.63) is 61.3 Å². The molecule has 2 aromatic heterocycles. The highest BCUT2D eigenvalue weighted by Gasteiger charge is 2.47. The van der Waals surface area contributed by atoms with E-state index in [1.54, 1.807) is 0 Å². The average Bonchev–Trinajstić information content (AvgIpc) is 3.84. The first-order valence-electron chi connectivity index (χ1n) is 22.1. The predicted octanol–water partition coefficient (Wildman–Crippen LogP) is 2.28. The Bertz CT molecular complexity index is 2220. The van der Waals surface area contributed by atoms with E-state index in [0.717, 1.165) is 67.5 Å². The van der Waals surface area contributed by atoms with Gasteiger partial charge in [-0.15, -0.1) is 0 Å². The van der Waals surface area contributed by atoms with E-state index < -0.39 is 84.6 Å². The number of fused-ring (bicyclic) bond motifs is 1. The third-order valence-electron chi connectivity index (χ3n) is 9.95. The van der Waals surface area contributed by atoms with E-state index in [9.17, 15) is 57.9 Å². The summed E-state index contributed by atoms with van der Waals surface area (Å²) in [5.74, 6) is -1.22. The Morgan fingerprint density at radius 1 is 0.913 bits per heavy atom. The summed E-state index contributed by atoms with van der Waals surface area (Å²) in [5, 5.41) is 26.3. The number of hydrogen-bond donors (Lipinski definition) is 5. The van der Waals surface area contributed by atoms with E-state index in [-0.39, 0.29) is 48.0 Å². The molecule has 0 aliphatic carbocycles. The number of amides is 2. The lowest BCUT2D eigenvalue weighted by atomic mass is 9.87. The van der Waals surface area contributed by atoms with Crippen LogP contribution in [0.1, 0.15) is 97.6 Å². The Hall–Kier alpha value is -3.48. The maximum Gasteiger partial charge on any atom is 0.274 e. The van der Waals surface area contributed by atoms with Gasteiger partial charge in [-0.1, -0.05) is 94.0 Å². The van der Waals surface area contributed by atoms with Crippen LogP contribution in [0.15, 0.2) is 61.3 Å². The second-order valence-corrected chi connectivity index (χ2v) is 21.4. The number of imidazole rings is 1. The molecule has 0 spiro atoms. The zero-order chi connectivity index (χ0) is 51.1. The molecule has 1 aliphatic rings. The van der Waals surface area contributed by atoms with Crippen LogP contribution in [0.3, 0.4) is 0 Å². The number of nitrogens with one attached hydrogen (secondary N) is 2. The van der Waals surface area contributed by atoms with Crippen LogP contribution < -0.4 is 35.9 Å². The molecule has 28 heteroatoms. The summed E-state index contributed by atoms with van der Waals surface area (Å²) >= 11 is 1.07. The van der Waals surface area contributed by atoms with Gasteiger partial charge in [0.05, 0.1) is 27.4 Å². The summed E-state index contributed by atoms with van der Waals surface area (Å²) < 4.78 is 60.8. The lowest BCUT2D eigenvalue weighted by Gasteiger charge is -2.36. The first-order valence-corrected chi connectivity index (χ1v) is 27.5. The minimum Gasteiger partial charge on any atom is -0.790 e. The summed E-state index contributed by atoms with van der Waals surface area (Å²) in [6, 6.07) is 0. The molecule has 3 rings (SSSR count). The summed E-state index contributed by atoms with van der Waals surface area (Å²) in [4.78, 5) is 96.8. The molecule has 2 aromatic rings. The number of aliphatic hydroxyl groups is 2. The standard InChI is InChI=1S/C41H66N7O17P3S/c1-4-5-6-7-8-9-10-11-12-13-14-15-16-17-18-19-20-21-32(50)69-25-24-43-31(49)22-23-44-39(53)36(52)41(2,3)27-62-68(59,60)65-67(57,58)61-26-30-35(64-66(54,55)56)34(51)40(63-30)48-29-47-33-37(42)45-28-46-38(33)48/h8-9,11-12,14-15,19-20,28-30,34-36,40,51-52H,4-7,10,13,16-18,21-27H2,1-3H3,(H,43,49)(H,44,53)(H,57,58)(H,59,60)(H2,42,45,46)(H2,54,55,56)/p-4/b9-8-,12-11-,15-14-,20-19+/t30-,34-,35-,36+,40-/m1/s1. The first-order chi connectivity index (χ1) is 32.6. The van der Waals surface area contributed by atoms with Crippen molar-refractivity contribution in [3.8, 4) is 0 Å². The minimum absolute atomic E-state index is 0.0216. The van der Waals surface area contributed by atoms with Gasteiger partial charge in [0.2, 0.25) is 11.8 Å². The van der Waals surface area contributed by atoms with E-state index in [0.29, 0.717) is 5.75 Å². The normalized spacial score (nSPS) is 20.3. The summed E-state index contributed by atoms with van der Waals surface area (Å²) in [6.45, 7) is 2.30. The zero-order valence-electron chi connectivity index (χ0n) is 38.6. The number of hydrogen-bond acceptors (Lipinski definition) is 22. The number of carbonyl (C=O) groups excluding carboxylic acids is 3. The van der Waals surface area contributed by atoms with Crippen LogP contribution in [-0.2, 0) is 50.7 Å². The van der Waals surface area contributed by atoms with Crippen LogP contribution in [0.25, 0.3) is 11.2 Å². The smallest absolute Gasteiger partial charge is 0.274 e. The number of anilines is 1. The number of unbranched alkanes of at least 4 members (excludes halogenated alkanes) is 5.